The lowest BCUT2D eigenvalue weighted by Crippen LogP contribution is -2.39. The molecule has 0 spiro atoms. The van der Waals surface area contributed by atoms with Gasteiger partial charge in [-0.3, -0.25) is 0 Å². The van der Waals surface area contributed by atoms with Crippen molar-refractivity contribution >= 4 is 0 Å². The van der Waals surface area contributed by atoms with Crippen molar-refractivity contribution < 1.29 is 10.2 Å². The number of hydrogen-bond donors (Lipinski definition) is 3. The molecule has 2 atom stereocenters. The van der Waals surface area contributed by atoms with Crippen LogP contribution in [-0.4, -0.2) is 35.5 Å². The first kappa shape index (κ1) is 11.9. The Morgan fingerprint density at radius 3 is 2.50 bits per heavy atom. The molecule has 0 aromatic heterocycles. The van der Waals surface area contributed by atoms with E-state index in [1.807, 2.05) is 20.8 Å². The summed E-state index contributed by atoms with van der Waals surface area (Å²) in [5.74, 6) is 0.262. The first-order valence-electron chi connectivity index (χ1n) is 4.56. The van der Waals surface area contributed by atoms with Crippen molar-refractivity contribution in [3.05, 3.63) is 0 Å². The van der Waals surface area contributed by atoms with Crippen LogP contribution >= 0.6 is 0 Å². The molecule has 74 valence electrons. The van der Waals surface area contributed by atoms with Crippen molar-refractivity contribution in [2.45, 2.75) is 32.8 Å². The van der Waals surface area contributed by atoms with E-state index in [2.05, 4.69) is 5.32 Å². The van der Waals surface area contributed by atoms with Crippen LogP contribution in [0, 0.1) is 5.92 Å². The zero-order chi connectivity index (χ0) is 9.61. The zero-order valence-corrected chi connectivity index (χ0v) is 8.30. The number of rotatable bonds is 6. The van der Waals surface area contributed by atoms with Gasteiger partial charge in [-0.25, -0.2) is 0 Å². The minimum Gasteiger partial charge on any atom is -0.396 e. The summed E-state index contributed by atoms with van der Waals surface area (Å²) in [6, 6.07) is 0. The molecule has 0 bridgehead atoms. The normalized spacial score (nSPS) is 18.8. The summed E-state index contributed by atoms with van der Waals surface area (Å²) in [6.07, 6.45) is 0.744. The minimum absolute atomic E-state index is 0.196. The van der Waals surface area contributed by atoms with Crippen LogP contribution in [0.15, 0.2) is 0 Å². The number of aliphatic hydroxyl groups is 2. The monoisotopic (exact) mass is 175 g/mol. The Morgan fingerprint density at radius 2 is 2.08 bits per heavy atom. The SMILES string of the molecule is CCC(C)(O)CNCC(C)CO. The summed E-state index contributed by atoms with van der Waals surface area (Å²) < 4.78 is 0. The van der Waals surface area contributed by atoms with Gasteiger partial charge in [0.15, 0.2) is 0 Å². The Morgan fingerprint density at radius 1 is 1.50 bits per heavy atom. The van der Waals surface area contributed by atoms with Crippen LogP contribution in [0.25, 0.3) is 0 Å². The topological polar surface area (TPSA) is 52.5 Å². The summed E-state index contributed by atoms with van der Waals surface area (Å²) in [4.78, 5) is 0. The Balaban J connectivity index is 3.42. The predicted molar refractivity (Wildman–Crippen MR) is 50.0 cm³/mol. The van der Waals surface area contributed by atoms with Crippen molar-refractivity contribution in [2.24, 2.45) is 5.92 Å². The molecule has 0 aromatic carbocycles. The van der Waals surface area contributed by atoms with E-state index in [9.17, 15) is 5.11 Å². The Kier molecular flexibility index (Phi) is 5.46. The molecule has 3 nitrogen and oxygen atoms in total. The highest BCUT2D eigenvalue weighted by Crippen LogP contribution is 2.05. The summed E-state index contributed by atoms with van der Waals surface area (Å²) >= 11 is 0. The summed E-state index contributed by atoms with van der Waals surface area (Å²) in [5, 5.41) is 21.4. The molecule has 0 saturated carbocycles. The van der Waals surface area contributed by atoms with Gasteiger partial charge in [0.1, 0.15) is 0 Å². The first-order chi connectivity index (χ1) is 5.52. The Labute approximate surface area is 74.8 Å². The molecule has 0 amide bonds. The van der Waals surface area contributed by atoms with Crippen molar-refractivity contribution in [3.63, 3.8) is 0 Å². The van der Waals surface area contributed by atoms with E-state index >= 15 is 0 Å². The van der Waals surface area contributed by atoms with Crippen molar-refractivity contribution in [3.8, 4) is 0 Å². The highest BCUT2D eigenvalue weighted by Gasteiger charge is 2.16. The van der Waals surface area contributed by atoms with Gasteiger partial charge < -0.3 is 15.5 Å². The molecule has 0 aliphatic rings. The van der Waals surface area contributed by atoms with Crippen LogP contribution in [0.5, 0.6) is 0 Å². The van der Waals surface area contributed by atoms with Gasteiger partial charge in [-0.1, -0.05) is 13.8 Å². The van der Waals surface area contributed by atoms with E-state index in [0.29, 0.717) is 6.54 Å². The smallest absolute Gasteiger partial charge is 0.0740 e. The molecule has 0 radical (unpaired) electrons. The van der Waals surface area contributed by atoms with Crippen LogP contribution < -0.4 is 5.32 Å². The second-order valence-corrected chi connectivity index (χ2v) is 3.77. The quantitative estimate of drug-likeness (QED) is 0.546. The molecule has 3 heteroatoms. The Hall–Kier alpha value is -0.120. The molecule has 0 aliphatic heterocycles. The Bertz CT molecular complexity index is 115. The van der Waals surface area contributed by atoms with E-state index in [4.69, 9.17) is 5.11 Å². The fourth-order valence-corrected chi connectivity index (χ4v) is 0.777. The molecule has 12 heavy (non-hydrogen) atoms. The van der Waals surface area contributed by atoms with Crippen LogP contribution in [0.1, 0.15) is 27.2 Å². The first-order valence-corrected chi connectivity index (χ1v) is 4.56. The second kappa shape index (κ2) is 5.51. The number of hydrogen-bond acceptors (Lipinski definition) is 3. The molecular formula is C9H21NO2. The molecule has 3 N–H and O–H groups in total. The van der Waals surface area contributed by atoms with Crippen LogP contribution in [-0.2, 0) is 0 Å². The number of aliphatic hydroxyl groups excluding tert-OH is 1. The zero-order valence-electron chi connectivity index (χ0n) is 8.30. The highest BCUT2D eigenvalue weighted by atomic mass is 16.3. The third-order valence-corrected chi connectivity index (χ3v) is 2.07. The van der Waals surface area contributed by atoms with E-state index in [1.165, 1.54) is 0 Å². The van der Waals surface area contributed by atoms with Crippen molar-refractivity contribution in [1.29, 1.82) is 0 Å². The van der Waals surface area contributed by atoms with Crippen LogP contribution in [0.2, 0.25) is 0 Å². The molecule has 0 aromatic rings. The van der Waals surface area contributed by atoms with Gasteiger partial charge in [0.2, 0.25) is 0 Å². The van der Waals surface area contributed by atoms with Crippen molar-refractivity contribution in [2.75, 3.05) is 19.7 Å². The van der Waals surface area contributed by atoms with Gasteiger partial charge in [0.05, 0.1) is 5.60 Å². The average molecular weight is 175 g/mol. The molecular weight excluding hydrogens is 154 g/mol. The summed E-state index contributed by atoms with van der Waals surface area (Å²) in [6.45, 7) is 7.27. The van der Waals surface area contributed by atoms with E-state index in [-0.39, 0.29) is 12.5 Å². The highest BCUT2D eigenvalue weighted by molar-refractivity contribution is 4.73. The minimum atomic E-state index is -0.616. The summed E-state index contributed by atoms with van der Waals surface area (Å²) in [5.41, 5.74) is -0.616. The van der Waals surface area contributed by atoms with Gasteiger partial charge in [-0.15, -0.1) is 0 Å². The average Bonchev–Trinajstić information content (AvgIpc) is 2.04. The fourth-order valence-electron chi connectivity index (χ4n) is 0.777. The third-order valence-electron chi connectivity index (χ3n) is 2.07. The standard InChI is InChI=1S/C9H21NO2/c1-4-9(3,12)7-10-5-8(2)6-11/h8,10-12H,4-7H2,1-3H3. The lowest BCUT2D eigenvalue weighted by molar-refractivity contribution is 0.0542. The third kappa shape index (κ3) is 5.52. The van der Waals surface area contributed by atoms with Gasteiger partial charge in [0, 0.05) is 13.2 Å². The second-order valence-electron chi connectivity index (χ2n) is 3.77. The van der Waals surface area contributed by atoms with E-state index in [0.717, 1.165) is 13.0 Å². The maximum absolute atomic E-state index is 9.58. The number of nitrogens with one attached hydrogen (secondary N) is 1. The van der Waals surface area contributed by atoms with Crippen LogP contribution in [0.4, 0.5) is 0 Å². The molecule has 0 fully saturated rings. The molecule has 0 rings (SSSR count). The maximum Gasteiger partial charge on any atom is 0.0740 e. The molecule has 0 saturated heterocycles. The predicted octanol–water partition coefficient (Wildman–Crippen LogP) is 0.365. The maximum atomic E-state index is 9.58. The van der Waals surface area contributed by atoms with Crippen molar-refractivity contribution in [1.82, 2.24) is 5.32 Å². The fraction of sp³-hybridized carbons (Fsp3) is 1.00. The molecule has 0 heterocycles. The molecule has 0 aliphatic carbocycles. The lowest BCUT2D eigenvalue weighted by Gasteiger charge is -2.22. The van der Waals surface area contributed by atoms with Gasteiger partial charge >= 0.3 is 0 Å². The largest absolute Gasteiger partial charge is 0.396 e. The van der Waals surface area contributed by atoms with Gasteiger partial charge in [-0.05, 0) is 25.8 Å². The molecule has 2 unspecified atom stereocenters. The van der Waals surface area contributed by atoms with E-state index in [1.54, 1.807) is 0 Å². The summed E-state index contributed by atoms with van der Waals surface area (Å²) in [7, 11) is 0. The van der Waals surface area contributed by atoms with Crippen LogP contribution in [0.3, 0.4) is 0 Å². The lowest BCUT2D eigenvalue weighted by atomic mass is 10.0. The van der Waals surface area contributed by atoms with Gasteiger partial charge in [0.25, 0.3) is 0 Å². The van der Waals surface area contributed by atoms with E-state index < -0.39 is 5.60 Å². The van der Waals surface area contributed by atoms with Gasteiger partial charge in [-0.2, -0.15) is 0 Å².